The molecule has 1 N–H and O–H groups in total. The molecule has 0 saturated carbocycles. The number of carbonyl (C=O) groups is 2. The highest BCUT2D eigenvalue weighted by Crippen LogP contribution is 2.22. The highest BCUT2D eigenvalue weighted by Gasteiger charge is 2.34. The minimum Gasteiger partial charge on any atom is -0.480 e. The van der Waals surface area contributed by atoms with E-state index in [4.69, 9.17) is 5.11 Å². The second-order valence-electron chi connectivity index (χ2n) is 3.47. The zero-order valence-electron chi connectivity index (χ0n) is 8.46. The average Bonchev–Trinajstić information content (AvgIpc) is 2.86. The molecule has 4 nitrogen and oxygen atoms in total. The lowest BCUT2D eigenvalue weighted by Crippen LogP contribution is -2.42. The van der Waals surface area contributed by atoms with E-state index in [9.17, 15) is 9.59 Å². The molecular weight excluding hydrogens is 246 g/mol. The Morgan fingerprint density at radius 2 is 2.38 bits per heavy atom. The summed E-state index contributed by atoms with van der Waals surface area (Å²) in [6.45, 7) is 0. The van der Waals surface area contributed by atoms with Gasteiger partial charge in [-0.25, -0.2) is 4.79 Å². The van der Waals surface area contributed by atoms with Crippen LogP contribution in [0.15, 0.2) is 17.5 Å². The minimum absolute atomic E-state index is 0.0974. The molecule has 0 unspecified atom stereocenters. The third-order valence-corrected chi connectivity index (χ3v) is 4.28. The van der Waals surface area contributed by atoms with Crippen LogP contribution in [0, 0.1) is 0 Å². The summed E-state index contributed by atoms with van der Waals surface area (Å²) in [7, 11) is 0. The molecule has 1 aliphatic rings. The van der Waals surface area contributed by atoms with Crippen LogP contribution in [-0.2, 0) is 16.0 Å². The molecule has 0 spiro atoms. The Labute approximate surface area is 101 Å². The van der Waals surface area contributed by atoms with Crippen LogP contribution in [0.2, 0.25) is 0 Å². The Kier molecular flexibility index (Phi) is 3.50. The van der Waals surface area contributed by atoms with Gasteiger partial charge in [0, 0.05) is 10.6 Å². The van der Waals surface area contributed by atoms with Crippen molar-refractivity contribution in [2.45, 2.75) is 12.5 Å². The zero-order chi connectivity index (χ0) is 11.5. The standard InChI is InChI=1S/C10H11NO3S2/c12-9(4-7-2-1-3-16-7)11-6-15-5-8(11)10(13)14/h1-3,8H,4-6H2,(H,13,14)/t8-/m0/s1. The number of hydrogen-bond donors (Lipinski definition) is 1. The molecule has 16 heavy (non-hydrogen) atoms. The first-order chi connectivity index (χ1) is 7.68. The lowest BCUT2D eigenvalue weighted by Gasteiger charge is -2.19. The molecule has 0 radical (unpaired) electrons. The van der Waals surface area contributed by atoms with E-state index in [1.807, 2.05) is 17.5 Å². The molecule has 86 valence electrons. The van der Waals surface area contributed by atoms with E-state index in [-0.39, 0.29) is 5.91 Å². The molecule has 1 amide bonds. The summed E-state index contributed by atoms with van der Waals surface area (Å²) in [6.07, 6.45) is 0.308. The van der Waals surface area contributed by atoms with Gasteiger partial charge in [-0.2, -0.15) is 0 Å². The predicted molar refractivity (Wildman–Crippen MR) is 63.6 cm³/mol. The van der Waals surface area contributed by atoms with Crippen molar-refractivity contribution in [1.29, 1.82) is 0 Å². The van der Waals surface area contributed by atoms with Crippen molar-refractivity contribution in [1.82, 2.24) is 4.90 Å². The summed E-state index contributed by atoms with van der Waals surface area (Å²) in [5.74, 6) is -0.0310. The van der Waals surface area contributed by atoms with Gasteiger partial charge in [-0.1, -0.05) is 6.07 Å². The Balaban J connectivity index is 2.01. The minimum atomic E-state index is -0.912. The van der Waals surface area contributed by atoms with Gasteiger partial charge < -0.3 is 10.0 Å². The van der Waals surface area contributed by atoms with E-state index in [1.54, 1.807) is 0 Å². The normalized spacial score (nSPS) is 20.0. The summed E-state index contributed by atoms with van der Waals surface area (Å²) in [4.78, 5) is 25.2. The van der Waals surface area contributed by atoms with Gasteiger partial charge in [0.15, 0.2) is 0 Å². The van der Waals surface area contributed by atoms with Gasteiger partial charge >= 0.3 is 5.97 Å². The van der Waals surface area contributed by atoms with Crippen molar-refractivity contribution in [3.8, 4) is 0 Å². The van der Waals surface area contributed by atoms with Crippen LogP contribution in [0.5, 0.6) is 0 Å². The fraction of sp³-hybridized carbons (Fsp3) is 0.400. The lowest BCUT2D eigenvalue weighted by molar-refractivity contribution is -0.147. The van der Waals surface area contributed by atoms with Gasteiger partial charge in [0.05, 0.1) is 12.3 Å². The van der Waals surface area contributed by atoms with Crippen molar-refractivity contribution in [2.24, 2.45) is 0 Å². The maximum atomic E-state index is 11.9. The third-order valence-electron chi connectivity index (χ3n) is 2.39. The first-order valence-corrected chi connectivity index (χ1v) is 6.84. The van der Waals surface area contributed by atoms with Crippen LogP contribution in [0.25, 0.3) is 0 Å². The highest BCUT2D eigenvalue weighted by molar-refractivity contribution is 7.99. The predicted octanol–water partition coefficient (Wildman–Crippen LogP) is 1.28. The Bertz CT molecular complexity index is 391. The molecule has 1 aromatic rings. The number of thioether (sulfide) groups is 1. The lowest BCUT2D eigenvalue weighted by atomic mass is 10.2. The fourth-order valence-corrected chi connectivity index (χ4v) is 3.42. The Hall–Kier alpha value is -1.01. The van der Waals surface area contributed by atoms with Crippen molar-refractivity contribution in [3.63, 3.8) is 0 Å². The van der Waals surface area contributed by atoms with Crippen LogP contribution in [0.4, 0.5) is 0 Å². The van der Waals surface area contributed by atoms with Gasteiger partial charge in [0.1, 0.15) is 6.04 Å². The first kappa shape index (κ1) is 11.5. The first-order valence-electron chi connectivity index (χ1n) is 4.81. The number of nitrogens with zero attached hydrogens (tertiary/aromatic N) is 1. The molecule has 6 heteroatoms. The largest absolute Gasteiger partial charge is 0.480 e. The number of aliphatic carboxylic acids is 1. The molecule has 0 bridgehead atoms. The molecule has 0 aliphatic carbocycles. The second-order valence-corrected chi connectivity index (χ2v) is 5.51. The van der Waals surface area contributed by atoms with Crippen molar-refractivity contribution < 1.29 is 14.7 Å². The second kappa shape index (κ2) is 4.88. The van der Waals surface area contributed by atoms with E-state index in [0.29, 0.717) is 18.1 Å². The van der Waals surface area contributed by atoms with Crippen molar-refractivity contribution in [2.75, 3.05) is 11.6 Å². The molecule has 1 aromatic heterocycles. The number of carbonyl (C=O) groups excluding carboxylic acids is 1. The van der Waals surface area contributed by atoms with E-state index in [0.717, 1.165) is 4.88 Å². The van der Waals surface area contributed by atoms with Gasteiger partial charge in [-0.15, -0.1) is 23.1 Å². The molecule has 1 fully saturated rings. The molecule has 2 heterocycles. The number of carboxylic acids is 1. The monoisotopic (exact) mass is 257 g/mol. The highest BCUT2D eigenvalue weighted by atomic mass is 32.2. The molecule has 1 atom stereocenters. The maximum absolute atomic E-state index is 11.9. The fourth-order valence-electron chi connectivity index (χ4n) is 1.56. The molecule has 1 saturated heterocycles. The SMILES string of the molecule is O=C(O)[C@@H]1CSCN1C(=O)Cc1cccs1. The third kappa shape index (κ3) is 2.38. The zero-order valence-corrected chi connectivity index (χ0v) is 10.1. The molecule has 2 rings (SSSR count). The summed E-state index contributed by atoms with van der Waals surface area (Å²) in [5, 5.41) is 10.9. The Morgan fingerprint density at radius 1 is 1.56 bits per heavy atom. The molecular formula is C10H11NO3S2. The van der Waals surface area contributed by atoms with Gasteiger partial charge in [-0.05, 0) is 11.4 Å². The quantitative estimate of drug-likeness (QED) is 0.886. The van der Waals surface area contributed by atoms with E-state index >= 15 is 0 Å². The molecule has 0 aromatic carbocycles. The van der Waals surface area contributed by atoms with Gasteiger partial charge in [-0.3, -0.25) is 4.79 Å². The van der Waals surface area contributed by atoms with Gasteiger partial charge in [0.2, 0.25) is 5.91 Å². The summed E-state index contributed by atoms with van der Waals surface area (Å²) >= 11 is 3.01. The smallest absolute Gasteiger partial charge is 0.327 e. The topological polar surface area (TPSA) is 57.6 Å². The summed E-state index contributed by atoms with van der Waals surface area (Å²) < 4.78 is 0. The van der Waals surface area contributed by atoms with Crippen LogP contribution >= 0.6 is 23.1 Å². The number of carboxylic acid groups (broad SMARTS) is 1. The Morgan fingerprint density at radius 3 is 3.00 bits per heavy atom. The average molecular weight is 257 g/mol. The molecule has 1 aliphatic heterocycles. The van der Waals surface area contributed by atoms with E-state index in [2.05, 4.69) is 0 Å². The number of rotatable bonds is 3. The van der Waals surface area contributed by atoms with E-state index < -0.39 is 12.0 Å². The maximum Gasteiger partial charge on any atom is 0.327 e. The van der Waals surface area contributed by atoms with Crippen LogP contribution in [0.1, 0.15) is 4.88 Å². The van der Waals surface area contributed by atoms with E-state index in [1.165, 1.54) is 28.0 Å². The summed E-state index contributed by atoms with van der Waals surface area (Å²) in [6, 6.07) is 3.12. The van der Waals surface area contributed by atoms with Crippen molar-refractivity contribution >= 4 is 35.0 Å². The summed E-state index contributed by atoms with van der Waals surface area (Å²) in [5.41, 5.74) is 0. The van der Waals surface area contributed by atoms with Crippen LogP contribution < -0.4 is 0 Å². The number of thiophene rings is 1. The van der Waals surface area contributed by atoms with Crippen LogP contribution in [0.3, 0.4) is 0 Å². The van der Waals surface area contributed by atoms with Gasteiger partial charge in [0.25, 0.3) is 0 Å². The number of amides is 1. The van der Waals surface area contributed by atoms with Crippen LogP contribution in [-0.4, -0.2) is 39.6 Å². The number of hydrogen-bond acceptors (Lipinski definition) is 4. The van der Waals surface area contributed by atoms with Crippen molar-refractivity contribution in [3.05, 3.63) is 22.4 Å².